The van der Waals surface area contributed by atoms with Gasteiger partial charge in [-0.05, 0) is 40.5 Å². The molecule has 0 bridgehead atoms. The normalized spacial score (nSPS) is 10.4. The molecule has 0 unspecified atom stereocenters. The van der Waals surface area contributed by atoms with Crippen LogP contribution in [0.1, 0.15) is 0 Å². The molecule has 0 aliphatic rings. The van der Waals surface area contributed by atoms with Crippen molar-refractivity contribution in [3.63, 3.8) is 0 Å². The van der Waals surface area contributed by atoms with Gasteiger partial charge in [-0.2, -0.15) is 0 Å². The zero-order valence-corrected chi connectivity index (χ0v) is 13.6. The van der Waals surface area contributed by atoms with Gasteiger partial charge in [0.25, 0.3) is 17.1 Å². The number of nitrogens with zero attached hydrogens (tertiary/aromatic N) is 3. The molecule has 3 aromatic rings. The van der Waals surface area contributed by atoms with E-state index in [9.17, 15) is 30.3 Å². The van der Waals surface area contributed by atoms with Crippen LogP contribution in [0.15, 0.2) is 60.7 Å². The maximum absolute atomic E-state index is 11.1. The first-order valence-electron chi connectivity index (χ1n) is 7.56. The average Bonchev–Trinajstić information content (AvgIpc) is 2.67. The van der Waals surface area contributed by atoms with Crippen LogP contribution in [0.3, 0.4) is 0 Å². The smallest absolute Gasteiger partial charge is 0.258 e. The van der Waals surface area contributed by atoms with Crippen LogP contribution in [0.25, 0.3) is 22.3 Å². The van der Waals surface area contributed by atoms with Crippen molar-refractivity contribution in [2.24, 2.45) is 0 Å². The topological polar surface area (TPSA) is 129 Å². The van der Waals surface area contributed by atoms with Crippen molar-refractivity contribution in [1.82, 2.24) is 0 Å². The highest BCUT2D eigenvalue weighted by molar-refractivity contribution is 5.85. The second-order valence-electron chi connectivity index (χ2n) is 5.52. The highest BCUT2D eigenvalue weighted by Gasteiger charge is 2.19. The second kappa shape index (κ2) is 7.00. The first kappa shape index (κ1) is 17.7. The summed E-state index contributed by atoms with van der Waals surface area (Å²) in [4.78, 5) is 31.1. The summed E-state index contributed by atoms with van der Waals surface area (Å²) in [5.41, 5.74) is 0.976. The van der Waals surface area contributed by atoms with Crippen LogP contribution in [-0.2, 0) is 0 Å². The van der Waals surface area contributed by atoms with Crippen molar-refractivity contribution >= 4 is 17.1 Å². The summed E-state index contributed by atoms with van der Waals surface area (Å²) in [5.74, 6) is 0. The summed E-state index contributed by atoms with van der Waals surface area (Å²) in [6, 6.07) is 17.0. The van der Waals surface area contributed by atoms with Crippen LogP contribution < -0.4 is 0 Å². The Balaban J connectivity index is 2.18. The summed E-state index contributed by atoms with van der Waals surface area (Å²) in [6.45, 7) is 0. The molecule has 9 heteroatoms. The maximum Gasteiger partial charge on any atom is 0.276 e. The molecule has 0 aliphatic carbocycles. The first-order valence-corrected chi connectivity index (χ1v) is 7.56. The lowest BCUT2D eigenvalue weighted by Crippen LogP contribution is -1.95. The quantitative estimate of drug-likeness (QED) is 0.482. The van der Waals surface area contributed by atoms with Gasteiger partial charge >= 0.3 is 0 Å². The predicted octanol–water partition coefficient (Wildman–Crippen LogP) is 4.55. The summed E-state index contributed by atoms with van der Waals surface area (Å²) in [7, 11) is 0. The maximum atomic E-state index is 11.1. The minimum atomic E-state index is -0.700. The van der Waals surface area contributed by atoms with E-state index in [1.165, 1.54) is 36.4 Å². The Labute approximate surface area is 152 Å². The van der Waals surface area contributed by atoms with Gasteiger partial charge in [-0.3, -0.25) is 30.3 Å². The zero-order valence-electron chi connectivity index (χ0n) is 13.6. The lowest BCUT2D eigenvalue weighted by atomic mass is 9.94. The third-order valence-electron chi connectivity index (χ3n) is 3.86. The molecule has 133 valence electrons. The highest BCUT2D eigenvalue weighted by Crippen LogP contribution is 2.36. The fourth-order valence-corrected chi connectivity index (χ4v) is 2.63. The van der Waals surface area contributed by atoms with Crippen molar-refractivity contribution in [2.75, 3.05) is 0 Å². The van der Waals surface area contributed by atoms with Gasteiger partial charge in [-0.15, -0.1) is 0 Å². The zero-order chi connectivity index (χ0) is 19.6. The minimum absolute atomic E-state index is 0.0813. The highest BCUT2D eigenvalue weighted by atomic mass is 16.6. The third kappa shape index (κ3) is 3.61. The molecule has 0 saturated carbocycles. The van der Waals surface area contributed by atoms with E-state index in [0.29, 0.717) is 16.7 Å². The Hall–Kier alpha value is -4.14. The van der Waals surface area contributed by atoms with Crippen molar-refractivity contribution in [1.29, 1.82) is 0 Å². The third-order valence-corrected chi connectivity index (χ3v) is 3.86. The molecule has 0 spiro atoms. The standard InChI is InChI=1S/C18H10N3O6/c22-19(23)14-7-5-12(6-8-14)17-3-1-2-4-18(17)13-9-15(20(24)25)11-16(10-13)21(26)27/h1-2,4-11H. The summed E-state index contributed by atoms with van der Waals surface area (Å²) in [5, 5.41) is 33.1. The van der Waals surface area contributed by atoms with E-state index >= 15 is 0 Å². The molecule has 0 N–H and O–H groups in total. The largest absolute Gasteiger partial charge is 0.276 e. The van der Waals surface area contributed by atoms with Crippen molar-refractivity contribution < 1.29 is 14.8 Å². The number of nitro benzene ring substituents is 3. The molecule has 3 rings (SSSR count). The van der Waals surface area contributed by atoms with Crippen LogP contribution in [0.5, 0.6) is 0 Å². The van der Waals surface area contributed by atoms with Crippen LogP contribution in [0, 0.1) is 36.4 Å². The molecule has 9 nitrogen and oxygen atoms in total. The molecular weight excluding hydrogens is 354 g/mol. The number of rotatable bonds is 5. The van der Waals surface area contributed by atoms with Gasteiger partial charge in [0, 0.05) is 24.3 Å². The molecule has 1 radical (unpaired) electrons. The Morgan fingerprint density at radius 1 is 0.667 bits per heavy atom. The number of nitro groups is 3. The fourth-order valence-electron chi connectivity index (χ4n) is 2.63. The molecule has 27 heavy (non-hydrogen) atoms. The van der Waals surface area contributed by atoms with Crippen molar-refractivity contribution in [3.8, 4) is 22.3 Å². The van der Waals surface area contributed by atoms with Crippen LogP contribution in [0.4, 0.5) is 17.1 Å². The molecule has 0 aliphatic heterocycles. The number of non-ortho nitro benzene ring substituents is 3. The lowest BCUT2D eigenvalue weighted by Gasteiger charge is -2.10. The van der Waals surface area contributed by atoms with E-state index in [4.69, 9.17) is 0 Å². The molecule has 0 heterocycles. The predicted molar refractivity (Wildman–Crippen MR) is 96.1 cm³/mol. The number of hydrogen-bond acceptors (Lipinski definition) is 6. The van der Waals surface area contributed by atoms with E-state index in [-0.39, 0.29) is 11.3 Å². The number of hydrogen-bond donors (Lipinski definition) is 0. The molecule has 0 saturated heterocycles. The second-order valence-corrected chi connectivity index (χ2v) is 5.52. The van der Waals surface area contributed by atoms with E-state index < -0.39 is 26.1 Å². The van der Waals surface area contributed by atoms with E-state index in [1.807, 2.05) is 0 Å². The van der Waals surface area contributed by atoms with Gasteiger partial charge in [0.2, 0.25) is 0 Å². The Morgan fingerprint density at radius 3 is 1.74 bits per heavy atom. The van der Waals surface area contributed by atoms with E-state index in [1.54, 1.807) is 18.2 Å². The van der Waals surface area contributed by atoms with Gasteiger partial charge < -0.3 is 0 Å². The Morgan fingerprint density at radius 2 is 1.22 bits per heavy atom. The van der Waals surface area contributed by atoms with Gasteiger partial charge in [-0.1, -0.05) is 18.2 Å². The SMILES string of the molecule is O=[N+]([O-])c1ccc(-c2[c]cccc2-c2cc([N+](=O)[O-])cc([N+](=O)[O-])c2)cc1. The Kier molecular flexibility index (Phi) is 4.58. The summed E-state index contributed by atoms with van der Waals surface area (Å²) >= 11 is 0. The molecule has 0 fully saturated rings. The van der Waals surface area contributed by atoms with Crippen molar-refractivity contribution in [2.45, 2.75) is 0 Å². The van der Waals surface area contributed by atoms with Crippen LogP contribution >= 0.6 is 0 Å². The van der Waals surface area contributed by atoms with E-state index in [2.05, 4.69) is 6.07 Å². The minimum Gasteiger partial charge on any atom is -0.258 e. The molecule has 0 aromatic heterocycles. The monoisotopic (exact) mass is 364 g/mol. The average molecular weight is 364 g/mol. The molecule has 0 amide bonds. The number of benzene rings is 3. The summed E-state index contributed by atoms with van der Waals surface area (Å²) in [6.07, 6.45) is 0. The Bertz CT molecular complexity index is 1030. The van der Waals surface area contributed by atoms with Crippen LogP contribution in [0.2, 0.25) is 0 Å². The van der Waals surface area contributed by atoms with Crippen LogP contribution in [-0.4, -0.2) is 14.8 Å². The molecular formula is C18H10N3O6. The van der Waals surface area contributed by atoms with Gasteiger partial charge in [0.15, 0.2) is 0 Å². The van der Waals surface area contributed by atoms with Gasteiger partial charge in [-0.25, -0.2) is 0 Å². The fraction of sp³-hybridized carbons (Fsp3) is 0. The van der Waals surface area contributed by atoms with Gasteiger partial charge in [0.05, 0.1) is 20.8 Å². The lowest BCUT2D eigenvalue weighted by molar-refractivity contribution is -0.394. The van der Waals surface area contributed by atoms with Gasteiger partial charge in [0.1, 0.15) is 0 Å². The summed E-state index contributed by atoms with van der Waals surface area (Å²) < 4.78 is 0. The first-order chi connectivity index (χ1) is 12.9. The van der Waals surface area contributed by atoms with Crippen molar-refractivity contribution in [3.05, 3.63) is 97.1 Å². The molecule has 3 aromatic carbocycles. The molecule has 0 atom stereocenters. The van der Waals surface area contributed by atoms with E-state index in [0.717, 1.165) is 6.07 Å².